The van der Waals surface area contributed by atoms with Gasteiger partial charge in [-0.15, -0.1) is 0 Å². The first-order valence-electron chi connectivity index (χ1n) is 7.81. The molecule has 0 radical (unpaired) electrons. The molecular formula is C16H24N4O. The molecule has 2 atom stereocenters. The van der Waals surface area contributed by atoms with Gasteiger partial charge in [-0.25, -0.2) is 0 Å². The third kappa shape index (κ3) is 2.97. The highest BCUT2D eigenvalue weighted by Gasteiger charge is 2.33. The number of amides is 1. The van der Waals surface area contributed by atoms with Crippen LogP contribution in [-0.4, -0.2) is 30.7 Å². The van der Waals surface area contributed by atoms with Crippen molar-refractivity contribution in [2.75, 3.05) is 17.2 Å². The average molecular weight is 288 g/mol. The second kappa shape index (κ2) is 5.93. The number of hydrogen-bond acceptors (Lipinski definition) is 4. The second-order valence-corrected chi connectivity index (χ2v) is 6.24. The van der Waals surface area contributed by atoms with Gasteiger partial charge in [-0.3, -0.25) is 4.79 Å². The van der Waals surface area contributed by atoms with Crippen molar-refractivity contribution in [1.29, 1.82) is 0 Å². The zero-order valence-corrected chi connectivity index (χ0v) is 12.6. The summed E-state index contributed by atoms with van der Waals surface area (Å²) in [6, 6.07) is 8.16. The van der Waals surface area contributed by atoms with Gasteiger partial charge in [0.05, 0.1) is 23.5 Å². The SMILES string of the molecule is CC(C)[C@@H](NC(=O)C1CCCN1)C1Nc2ccccc2N1. The summed E-state index contributed by atoms with van der Waals surface area (Å²) in [6.45, 7) is 5.22. The number of fused-ring (bicyclic) bond motifs is 1. The van der Waals surface area contributed by atoms with Crippen molar-refractivity contribution in [3.8, 4) is 0 Å². The molecule has 2 aliphatic rings. The van der Waals surface area contributed by atoms with E-state index in [0.717, 1.165) is 30.8 Å². The Labute approximate surface area is 125 Å². The normalized spacial score (nSPS) is 22.5. The van der Waals surface area contributed by atoms with Crippen LogP contribution in [0.2, 0.25) is 0 Å². The van der Waals surface area contributed by atoms with Crippen LogP contribution in [0, 0.1) is 5.92 Å². The van der Waals surface area contributed by atoms with Crippen LogP contribution in [0.4, 0.5) is 11.4 Å². The summed E-state index contributed by atoms with van der Waals surface area (Å²) in [4.78, 5) is 12.4. The number of carbonyl (C=O) groups is 1. The molecule has 2 aliphatic heterocycles. The fraction of sp³-hybridized carbons (Fsp3) is 0.562. The first-order valence-corrected chi connectivity index (χ1v) is 7.81. The molecule has 4 N–H and O–H groups in total. The highest BCUT2D eigenvalue weighted by Crippen LogP contribution is 2.30. The minimum Gasteiger partial charge on any atom is -0.362 e. The van der Waals surface area contributed by atoms with Crippen molar-refractivity contribution in [2.45, 2.75) is 44.9 Å². The number of anilines is 2. The molecule has 114 valence electrons. The third-order valence-corrected chi connectivity index (χ3v) is 4.31. The van der Waals surface area contributed by atoms with Gasteiger partial charge in [0, 0.05) is 0 Å². The van der Waals surface area contributed by atoms with E-state index in [1.807, 2.05) is 12.1 Å². The summed E-state index contributed by atoms with van der Waals surface area (Å²) >= 11 is 0. The van der Waals surface area contributed by atoms with E-state index in [4.69, 9.17) is 0 Å². The van der Waals surface area contributed by atoms with Gasteiger partial charge < -0.3 is 21.3 Å². The fourth-order valence-corrected chi connectivity index (χ4v) is 3.09. The topological polar surface area (TPSA) is 65.2 Å². The standard InChI is InChI=1S/C16H24N4O/c1-10(2)14(20-16(21)13-8-5-9-17-13)15-18-11-6-3-4-7-12(11)19-15/h3-4,6-7,10,13-15,17-19H,5,8-9H2,1-2H3,(H,20,21)/t13?,14-/m1/s1. The molecule has 1 fully saturated rings. The van der Waals surface area contributed by atoms with Crippen LogP contribution in [0.3, 0.4) is 0 Å². The Morgan fingerprint density at radius 1 is 1.24 bits per heavy atom. The maximum Gasteiger partial charge on any atom is 0.237 e. The largest absolute Gasteiger partial charge is 0.362 e. The highest BCUT2D eigenvalue weighted by molar-refractivity contribution is 5.83. The Morgan fingerprint density at radius 3 is 2.43 bits per heavy atom. The van der Waals surface area contributed by atoms with E-state index in [-0.39, 0.29) is 24.2 Å². The number of benzene rings is 1. The van der Waals surface area contributed by atoms with Gasteiger partial charge in [-0.05, 0) is 37.4 Å². The first kappa shape index (κ1) is 14.2. The van der Waals surface area contributed by atoms with E-state index in [1.165, 1.54) is 0 Å². The van der Waals surface area contributed by atoms with E-state index >= 15 is 0 Å². The van der Waals surface area contributed by atoms with E-state index < -0.39 is 0 Å². The molecule has 0 saturated carbocycles. The zero-order chi connectivity index (χ0) is 14.8. The predicted octanol–water partition coefficient (Wildman–Crippen LogP) is 1.74. The number of para-hydroxylation sites is 2. The van der Waals surface area contributed by atoms with Gasteiger partial charge in [-0.1, -0.05) is 26.0 Å². The lowest BCUT2D eigenvalue weighted by Gasteiger charge is -2.30. The van der Waals surface area contributed by atoms with Gasteiger partial charge in [0.1, 0.15) is 6.17 Å². The van der Waals surface area contributed by atoms with Crippen LogP contribution in [-0.2, 0) is 4.79 Å². The van der Waals surface area contributed by atoms with Crippen LogP contribution in [0.1, 0.15) is 26.7 Å². The molecule has 1 saturated heterocycles. The van der Waals surface area contributed by atoms with Gasteiger partial charge in [0.25, 0.3) is 0 Å². The van der Waals surface area contributed by atoms with E-state index in [0.29, 0.717) is 5.92 Å². The molecule has 1 amide bonds. The van der Waals surface area contributed by atoms with Crippen LogP contribution >= 0.6 is 0 Å². The summed E-state index contributed by atoms with van der Waals surface area (Å²) < 4.78 is 0. The maximum absolute atomic E-state index is 12.4. The van der Waals surface area contributed by atoms with Gasteiger partial charge in [-0.2, -0.15) is 0 Å². The molecule has 1 aromatic rings. The minimum atomic E-state index is -0.0324. The summed E-state index contributed by atoms with van der Waals surface area (Å²) in [5.41, 5.74) is 2.20. The van der Waals surface area contributed by atoms with Crippen molar-refractivity contribution < 1.29 is 4.79 Å². The summed E-state index contributed by atoms with van der Waals surface area (Å²) in [7, 11) is 0. The molecule has 21 heavy (non-hydrogen) atoms. The Morgan fingerprint density at radius 2 is 1.90 bits per heavy atom. The molecule has 2 heterocycles. The molecule has 1 unspecified atom stereocenters. The molecule has 0 aromatic heterocycles. The summed E-state index contributed by atoms with van der Waals surface area (Å²) in [6.07, 6.45) is 2.05. The molecule has 1 aromatic carbocycles. The molecule has 5 heteroatoms. The van der Waals surface area contributed by atoms with Crippen LogP contribution in [0.15, 0.2) is 24.3 Å². The molecular weight excluding hydrogens is 264 g/mol. The monoisotopic (exact) mass is 288 g/mol. The molecule has 5 nitrogen and oxygen atoms in total. The van der Waals surface area contributed by atoms with Crippen molar-refractivity contribution in [3.05, 3.63) is 24.3 Å². The lowest BCUT2D eigenvalue weighted by atomic mass is 10.0. The minimum absolute atomic E-state index is 0.0324. The average Bonchev–Trinajstić information content (AvgIpc) is 3.12. The first-order chi connectivity index (χ1) is 10.1. The van der Waals surface area contributed by atoms with Gasteiger partial charge >= 0.3 is 0 Å². The van der Waals surface area contributed by atoms with Crippen molar-refractivity contribution in [3.63, 3.8) is 0 Å². The highest BCUT2D eigenvalue weighted by atomic mass is 16.2. The van der Waals surface area contributed by atoms with Gasteiger partial charge in [0.2, 0.25) is 5.91 Å². The molecule has 3 rings (SSSR count). The van der Waals surface area contributed by atoms with Crippen molar-refractivity contribution >= 4 is 17.3 Å². The quantitative estimate of drug-likeness (QED) is 0.681. The smallest absolute Gasteiger partial charge is 0.237 e. The molecule has 0 aliphatic carbocycles. The Bertz CT molecular complexity index is 486. The maximum atomic E-state index is 12.4. The summed E-state index contributed by atoms with van der Waals surface area (Å²) in [5.74, 6) is 0.459. The number of rotatable bonds is 4. The van der Waals surface area contributed by atoms with Crippen LogP contribution in [0.25, 0.3) is 0 Å². The molecule has 0 spiro atoms. The lowest BCUT2D eigenvalue weighted by Crippen LogP contribution is -2.55. The Hall–Kier alpha value is -1.75. The van der Waals surface area contributed by atoms with Crippen molar-refractivity contribution in [1.82, 2.24) is 10.6 Å². The van der Waals surface area contributed by atoms with Crippen LogP contribution in [0.5, 0.6) is 0 Å². The third-order valence-electron chi connectivity index (χ3n) is 4.31. The second-order valence-electron chi connectivity index (χ2n) is 6.24. The Balaban J connectivity index is 1.67. The Kier molecular flexibility index (Phi) is 4.01. The summed E-state index contributed by atoms with van der Waals surface area (Å²) in [5, 5.41) is 13.4. The zero-order valence-electron chi connectivity index (χ0n) is 12.6. The molecule has 0 bridgehead atoms. The van der Waals surface area contributed by atoms with Crippen LogP contribution < -0.4 is 21.3 Å². The lowest BCUT2D eigenvalue weighted by molar-refractivity contribution is -0.123. The number of nitrogens with one attached hydrogen (secondary N) is 4. The fourth-order valence-electron chi connectivity index (χ4n) is 3.09. The predicted molar refractivity (Wildman–Crippen MR) is 85.3 cm³/mol. The van der Waals surface area contributed by atoms with E-state index in [9.17, 15) is 4.79 Å². The number of carbonyl (C=O) groups excluding carboxylic acids is 1. The van der Waals surface area contributed by atoms with E-state index in [2.05, 4.69) is 47.2 Å². The van der Waals surface area contributed by atoms with E-state index in [1.54, 1.807) is 0 Å². The van der Waals surface area contributed by atoms with Crippen molar-refractivity contribution in [2.24, 2.45) is 5.92 Å². The number of hydrogen-bond donors (Lipinski definition) is 4. The van der Waals surface area contributed by atoms with Gasteiger partial charge in [0.15, 0.2) is 0 Å².